The van der Waals surface area contributed by atoms with Gasteiger partial charge in [-0.15, -0.1) is 0 Å². The molecule has 4 nitrogen and oxygen atoms in total. The molecule has 0 aromatic heterocycles. The van der Waals surface area contributed by atoms with Crippen LogP contribution in [0.5, 0.6) is 11.5 Å². The zero-order chi connectivity index (χ0) is 17.5. The standard InChI is InChI=1S/C19H22FNO3/c1-4-15-7-5-6-8-17(15)24-13-19(22)21(2)12-14-9-10-18(23-3)16(20)11-14/h5-11H,4,12-13H2,1-3H3. The Morgan fingerprint density at radius 1 is 1.17 bits per heavy atom. The van der Waals surface area contributed by atoms with Gasteiger partial charge in [0.2, 0.25) is 0 Å². The highest BCUT2D eigenvalue weighted by molar-refractivity contribution is 5.77. The number of rotatable bonds is 7. The molecule has 0 aliphatic rings. The summed E-state index contributed by atoms with van der Waals surface area (Å²) in [6.45, 7) is 2.29. The van der Waals surface area contributed by atoms with Gasteiger partial charge in [0.15, 0.2) is 18.2 Å². The molecule has 1 amide bonds. The molecule has 0 bridgehead atoms. The van der Waals surface area contributed by atoms with Gasteiger partial charge in [0.05, 0.1) is 7.11 Å². The SMILES string of the molecule is CCc1ccccc1OCC(=O)N(C)Cc1ccc(OC)c(F)c1. The second kappa shape index (κ2) is 8.34. The topological polar surface area (TPSA) is 38.8 Å². The van der Waals surface area contributed by atoms with Gasteiger partial charge in [-0.3, -0.25) is 4.79 Å². The van der Waals surface area contributed by atoms with Gasteiger partial charge in [-0.25, -0.2) is 4.39 Å². The van der Waals surface area contributed by atoms with Gasteiger partial charge < -0.3 is 14.4 Å². The molecule has 2 aromatic rings. The fraction of sp³-hybridized carbons (Fsp3) is 0.316. The lowest BCUT2D eigenvalue weighted by molar-refractivity contribution is -0.132. The minimum absolute atomic E-state index is 0.0495. The summed E-state index contributed by atoms with van der Waals surface area (Å²) in [6, 6.07) is 12.3. The van der Waals surface area contributed by atoms with Gasteiger partial charge in [-0.1, -0.05) is 31.2 Å². The molecule has 0 aliphatic heterocycles. The third kappa shape index (κ3) is 4.47. The lowest BCUT2D eigenvalue weighted by Crippen LogP contribution is -2.31. The van der Waals surface area contributed by atoms with Crippen LogP contribution in [0.25, 0.3) is 0 Å². The van der Waals surface area contributed by atoms with Gasteiger partial charge >= 0.3 is 0 Å². The molecule has 0 saturated heterocycles. The first-order valence-electron chi connectivity index (χ1n) is 7.82. The number of hydrogen-bond donors (Lipinski definition) is 0. The van der Waals surface area contributed by atoms with Crippen LogP contribution >= 0.6 is 0 Å². The Morgan fingerprint density at radius 3 is 2.58 bits per heavy atom. The maximum atomic E-state index is 13.7. The van der Waals surface area contributed by atoms with E-state index >= 15 is 0 Å². The van der Waals surface area contributed by atoms with Crippen LogP contribution in [0.2, 0.25) is 0 Å². The van der Waals surface area contributed by atoms with Crippen molar-refractivity contribution in [1.29, 1.82) is 0 Å². The second-order valence-corrected chi connectivity index (χ2v) is 5.47. The van der Waals surface area contributed by atoms with Crippen molar-refractivity contribution in [2.45, 2.75) is 19.9 Å². The molecule has 0 unspecified atom stereocenters. The van der Waals surface area contributed by atoms with E-state index < -0.39 is 5.82 Å². The Balaban J connectivity index is 1.93. The van der Waals surface area contributed by atoms with Gasteiger partial charge in [0.25, 0.3) is 5.91 Å². The van der Waals surface area contributed by atoms with Gasteiger partial charge in [0, 0.05) is 13.6 Å². The van der Waals surface area contributed by atoms with Crippen molar-refractivity contribution in [2.24, 2.45) is 0 Å². The number of hydrogen-bond acceptors (Lipinski definition) is 3. The van der Waals surface area contributed by atoms with E-state index in [2.05, 4.69) is 0 Å². The molecule has 24 heavy (non-hydrogen) atoms. The van der Waals surface area contributed by atoms with E-state index in [1.54, 1.807) is 19.2 Å². The van der Waals surface area contributed by atoms with Crippen LogP contribution in [-0.2, 0) is 17.8 Å². The summed E-state index contributed by atoms with van der Waals surface area (Å²) in [7, 11) is 3.08. The largest absolute Gasteiger partial charge is 0.494 e. The smallest absolute Gasteiger partial charge is 0.260 e. The number of methoxy groups -OCH3 is 1. The zero-order valence-corrected chi connectivity index (χ0v) is 14.2. The molecule has 0 fully saturated rings. The van der Waals surface area contributed by atoms with Crippen LogP contribution in [-0.4, -0.2) is 31.6 Å². The summed E-state index contributed by atoms with van der Waals surface area (Å²) >= 11 is 0. The Kier molecular flexibility index (Phi) is 6.18. The lowest BCUT2D eigenvalue weighted by atomic mass is 10.1. The molecule has 2 aromatic carbocycles. The number of carbonyl (C=O) groups is 1. The Hall–Kier alpha value is -2.56. The predicted molar refractivity (Wildman–Crippen MR) is 90.7 cm³/mol. The van der Waals surface area contributed by atoms with E-state index in [0.29, 0.717) is 12.1 Å². The maximum Gasteiger partial charge on any atom is 0.260 e. The van der Waals surface area contributed by atoms with Crippen LogP contribution in [0.3, 0.4) is 0 Å². The third-order valence-electron chi connectivity index (χ3n) is 3.77. The molecule has 0 N–H and O–H groups in total. The predicted octanol–water partition coefficient (Wildman–Crippen LogP) is 3.43. The quantitative estimate of drug-likeness (QED) is 0.780. The van der Waals surface area contributed by atoms with Crippen molar-refractivity contribution in [2.75, 3.05) is 20.8 Å². The Labute approximate surface area is 141 Å². The zero-order valence-electron chi connectivity index (χ0n) is 14.2. The average Bonchev–Trinajstić information content (AvgIpc) is 2.60. The number of carbonyl (C=O) groups excluding carboxylic acids is 1. The number of nitrogens with zero attached hydrogens (tertiary/aromatic N) is 1. The number of halogens is 1. The Morgan fingerprint density at radius 2 is 1.92 bits per heavy atom. The van der Waals surface area contributed by atoms with Crippen molar-refractivity contribution >= 4 is 5.91 Å². The number of amides is 1. The normalized spacial score (nSPS) is 10.3. The van der Waals surface area contributed by atoms with Crippen LogP contribution in [0.15, 0.2) is 42.5 Å². The fourth-order valence-electron chi connectivity index (χ4n) is 2.36. The molecule has 128 valence electrons. The van der Waals surface area contributed by atoms with E-state index in [9.17, 15) is 9.18 Å². The molecule has 5 heteroatoms. The van der Waals surface area contributed by atoms with Crippen molar-refractivity contribution < 1.29 is 18.7 Å². The molecule has 0 saturated carbocycles. The van der Waals surface area contributed by atoms with Crippen molar-refractivity contribution in [3.8, 4) is 11.5 Å². The first kappa shape index (κ1) is 17.8. The summed E-state index contributed by atoms with van der Waals surface area (Å²) in [5.74, 6) is 0.297. The summed E-state index contributed by atoms with van der Waals surface area (Å²) in [5.41, 5.74) is 1.75. The summed E-state index contributed by atoms with van der Waals surface area (Å²) in [4.78, 5) is 13.7. The summed E-state index contributed by atoms with van der Waals surface area (Å²) in [6.07, 6.45) is 0.839. The highest BCUT2D eigenvalue weighted by Gasteiger charge is 2.12. The highest BCUT2D eigenvalue weighted by Crippen LogP contribution is 2.20. The van der Waals surface area contributed by atoms with Crippen molar-refractivity contribution in [3.63, 3.8) is 0 Å². The second-order valence-electron chi connectivity index (χ2n) is 5.47. The van der Waals surface area contributed by atoms with Crippen LogP contribution in [0, 0.1) is 5.82 Å². The van der Waals surface area contributed by atoms with Crippen LogP contribution in [0.1, 0.15) is 18.1 Å². The highest BCUT2D eigenvalue weighted by atomic mass is 19.1. The number of benzene rings is 2. The number of para-hydroxylation sites is 1. The average molecular weight is 331 g/mol. The molecular formula is C19H22FNO3. The molecule has 0 spiro atoms. The van der Waals surface area contributed by atoms with Crippen LogP contribution < -0.4 is 9.47 Å². The minimum Gasteiger partial charge on any atom is -0.494 e. The van der Waals surface area contributed by atoms with Gasteiger partial charge in [-0.2, -0.15) is 0 Å². The van der Waals surface area contributed by atoms with Crippen molar-refractivity contribution in [1.82, 2.24) is 4.90 Å². The van der Waals surface area contributed by atoms with Gasteiger partial charge in [0.1, 0.15) is 5.75 Å². The minimum atomic E-state index is -0.441. The monoisotopic (exact) mass is 331 g/mol. The first-order chi connectivity index (χ1) is 11.5. The fourth-order valence-corrected chi connectivity index (χ4v) is 2.36. The molecule has 0 atom stereocenters. The van der Waals surface area contributed by atoms with Crippen molar-refractivity contribution in [3.05, 3.63) is 59.4 Å². The van der Waals surface area contributed by atoms with E-state index in [0.717, 1.165) is 17.7 Å². The van der Waals surface area contributed by atoms with E-state index in [4.69, 9.17) is 9.47 Å². The number of likely N-dealkylation sites (N-methyl/N-ethyl adjacent to an activating group) is 1. The molecule has 0 radical (unpaired) electrons. The number of ether oxygens (including phenoxy) is 2. The van der Waals surface area contributed by atoms with E-state index in [-0.39, 0.29) is 18.3 Å². The Bertz CT molecular complexity index is 703. The summed E-state index contributed by atoms with van der Waals surface area (Å²) < 4.78 is 24.2. The number of aryl methyl sites for hydroxylation is 1. The van der Waals surface area contributed by atoms with E-state index in [1.807, 2.05) is 31.2 Å². The third-order valence-corrected chi connectivity index (χ3v) is 3.77. The first-order valence-corrected chi connectivity index (χ1v) is 7.82. The van der Waals surface area contributed by atoms with Gasteiger partial charge in [-0.05, 0) is 35.7 Å². The molecular weight excluding hydrogens is 309 g/mol. The molecule has 2 rings (SSSR count). The molecule has 0 aliphatic carbocycles. The summed E-state index contributed by atoms with van der Waals surface area (Å²) in [5, 5.41) is 0. The lowest BCUT2D eigenvalue weighted by Gasteiger charge is -2.18. The van der Waals surface area contributed by atoms with E-state index in [1.165, 1.54) is 18.1 Å². The van der Waals surface area contributed by atoms with Crippen LogP contribution in [0.4, 0.5) is 4.39 Å². The maximum absolute atomic E-state index is 13.7. The molecule has 0 heterocycles.